The van der Waals surface area contributed by atoms with Crippen LogP contribution in [-0.4, -0.2) is 40.3 Å². The van der Waals surface area contributed by atoms with Gasteiger partial charge in [-0.3, -0.25) is 4.21 Å². The Hall–Kier alpha value is -0.460. The number of rotatable bonds is 5. The minimum absolute atomic E-state index is 0.635. The van der Waals surface area contributed by atoms with Crippen LogP contribution >= 0.6 is 15.9 Å². The monoisotopic (exact) mass is 359 g/mol. The van der Waals surface area contributed by atoms with E-state index in [2.05, 4.69) is 51.0 Å². The van der Waals surface area contributed by atoms with E-state index >= 15 is 0 Å². The molecule has 1 saturated heterocycles. The molecule has 1 aromatic heterocycles. The lowest BCUT2D eigenvalue weighted by Crippen LogP contribution is -2.39. The molecule has 0 atom stereocenters. The summed E-state index contributed by atoms with van der Waals surface area (Å²) in [6.07, 6.45) is 1.84. The Morgan fingerprint density at radius 1 is 1.45 bits per heavy atom. The molecule has 1 N–H and O–H groups in total. The first-order valence-corrected chi connectivity index (χ1v) is 9.29. The number of aromatic nitrogens is 1. The number of anilines is 1. The zero-order valence-electron chi connectivity index (χ0n) is 12.1. The molecule has 0 radical (unpaired) electrons. The molecule has 0 amide bonds. The molecule has 1 fully saturated rings. The molecule has 1 aliphatic rings. The zero-order chi connectivity index (χ0) is 14.5. The van der Waals surface area contributed by atoms with Crippen molar-refractivity contribution in [1.82, 2.24) is 10.3 Å². The van der Waals surface area contributed by atoms with Crippen molar-refractivity contribution < 1.29 is 4.21 Å². The highest BCUT2D eigenvalue weighted by Gasteiger charge is 2.19. The Kier molecular flexibility index (Phi) is 5.99. The number of nitrogens with zero attached hydrogens (tertiary/aromatic N) is 2. The van der Waals surface area contributed by atoms with Gasteiger partial charge < -0.3 is 10.2 Å². The average Bonchev–Trinajstić information content (AvgIpc) is 2.40. The first kappa shape index (κ1) is 15.9. The lowest BCUT2D eigenvalue weighted by Gasteiger charge is -2.29. The molecule has 0 aliphatic carbocycles. The largest absolute Gasteiger partial charge is 0.355 e. The molecule has 0 spiro atoms. The van der Waals surface area contributed by atoms with Crippen LogP contribution in [0.15, 0.2) is 16.7 Å². The molecule has 4 nitrogen and oxygen atoms in total. The van der Waals surface area contributed by atoms with Crippen LogP contribution in [0, 0.1) is 5.92 Å². The Morgan fingerprint density at radius 3 is 2.80 bits per heavy atom. The van der Waals surface area contributed by atoms with Gasteiger partial charge in [0.25, 0.3) is 0 Å². The van der Waals surface area contributed by atoms with E-state index in [0.717, 1.165) is 48.0 Å². The van der Waals surface area contributed by atoms with Gasteiger partial charge in [0, 0.05) is 58.2 Å². The Bertz CT molecular complexity index is 471. The van der Waals surface area contributed by atoms with Crippen molar-refractivity contribution in [2.45, 2.75) is 20.4 Å². The summed E-state index contributed by atoms with van der Waals surface area (Å²) in [5.41, 5.74) is 1.20. The third-order valence-electron chi connectivity index (χ3n) is 3.25. The molecule has 2 rings (SSSR count). The number of pyridine rings is 1. The van der Waals surface area contributed by atoms with E-state index < -0.39 is 10.8 Å². The van der Waals surface area contributed by atoms with E-state index in [-0.39, 0.29) is 0 Å². The van der Waals surface area contributed by atoms with Crippen molar-refractivity contribution in [3.63, 3.8) is 0 Å². The highest BCUT2D eigenvalue weighted by Crippen LogP contribution is 2.22. The molecule has 0 unspecified atom stereocenters. The van der Waals surface area contributed by atoms with Crippen molar-refractivity contribution in [1.29, 1.82) is 0 Å². The van der Waals surface area contributed by atoms with Gasteiger partial charge >= 0.3 is 0 Å². The summed E-state index contributed by atoms with van der Waals surface area (Å²) in [4.78, 5) is 6.82. The fraction of sp³-hybridized carbons (Fsp3) is 0.643. The number of hydrogen-bond acceptors (Lipinski definition) is 4. The molecule has 2 heterocycles. The fourth-order valence-corrected chi connectivity index (χ4v) is 3.66. The summed E-state index contributed by atoms with van der Waals surface area (Å²) in [6.45, 7) is 7.88. The van der Waals surface area contributed by atoms with Gasteiger partial charge in [-0.25, -0.2) is 4.98 Å². The number of nitrogens with one attached hydrogen (secondary N) is 1. The highest BCUT2D eigenvalue weighted by molar-refractivity contribution is 9.10. The molecule has 0 aromatic carbocycles. The molecular weight excluding hydrogens is 338 g/mol. The summed E-state index contributed by atoms with van der Waals surface area (Å²) in [6, 6.07) is 2.13. The SMILES string of the molecule is CC(C)CNCc1cc(Br)cnc1N1CCS(=O)CC1. The summed E-state index contributed by atoms with van der Waals surface area (Å²) in [5.74, 6) is 3.16. The quantitative estimate of drug-likeness (QED) is 0.874. The van der Waals surface area contributed by atoms with Crippen molar-refractivity contribution in [3.8, 4) is 0 Å². The molecule has 0 saturated carbocycles. The highest BCUT2D eigenvalue weighted by atomic mass is 79.9. The third kappa shape index (κ3) is 4.53. The number of hydrogen-bond donors (Lipinski definition) is 1. The molecule has 1 aromatic rings. The lowest BCUT2D eigenvalue weighted by atomic mass is 10.2. The smallest absolute Gasteiger partial charge is 0.133 e. The normalized spacial score (nSPS) is 16.9. The van der Waals surface area contributed by atoms with Crippen LogP contribution in [0.25, 0.3) is 0 Å². The van der Waals surface area contributed by atoms with E-state index in [9.17, 15) is 4.21 Å². The second kappa shape index (κ2) is 7.52. The predicted octanol–water partition coefficient (Wildman–Crippen LogP) is 2.16. The van der Waals surface area contributed by atoms with Crippen LogP contribution in [-0.2, 0) is 17.3 Å². The summed E-state index contributed by atoms with van der Waals surface area (Å²) < 4.78 is 12.5. The van der Waals surface area contributed by atoms with Crippen molar-refractivity contribution in [3.05, 3.63) is 22.3 Å². The molecule has 20 heavy (non-hydrogen) atoms. The van der Waals surface area contributed by atoms with Crippen LogP contribution in [0.2, 0.25) is 0 Å². The van der Waals surface area contributed by atoms with Gasteiger partial charge in [-0.1, -0.05) is 13.8 Å². The van der Waals surface area contributed by atoms with E-state index in [0.29, 0.717) is 5.92 Å². The van der Waals surface area contributed by atoms with Crippen LogP contribution in [0.4, 0.5) is 5.82 Å². The second-order valence-electron chi connectivity index (χ2n) is 5.50. The van der Waals surface area contributed by atoms with Gasteiger partial charge in [0.2, 0.25) is 0 Å². The summed E-state index contributed by atoms with van der Waals surface area (Å²) in [7, 11) is -0.652. The van der Waals surface area contributed by atoms with Gasteiger partial charge in [-0.15, -0.1) is 0 Å². The first-order valence-electron chi connectivity index (χ1n) is 7.01. The standard InChI is InChI=1S/C14H22BrN3OS/c1-11(2)8-16-9-12-7-13(15)10-17-14(12)18-3-5-20(19)6-4-18/h7,10-11,16H,3-6,8-9H2,1-2H3. The Morgan fingerprint density at radius 2 is 2.15 bits per heavy atom. The van der Waals surface area contributed by atoms with E-state index in [1.807, 2.05) is 6.20 Å². The van der Waals surface area contributed by atoms with Crippen molar-refractivity contribution in [2.75, 3.05) is 36.0 Å². The van der Waals surface area contributed by atoms with Gasteiger partial charge in [0.15, 0.2) is 0 Å². The van der Waals surface area contributed by atoms with Crippen LogP contribution in [0.5, 0.6) is 0 Å². The maximum atomic E-state index is 11.5. The number of halogens is 1. The zero-order valence-corrected chi connectivity index (χ0v) is 14.5. The van der Waals surface area contributed by atoms with Gasteiger partial charge in [-0.05, 0) is 34.5 Å². The van der Waals surface area contributed by atoms with Gasteiger partial charge in [0.05, 0.1) is 0 Å². The Labute approximate surface area is 131 Å². The molecule has 112 valence electrons. The van der Waals surface area contributed by atoms with Crippen molar-refractivity contribution in [2.24, 2.45) is 5.92 Å². The lowest BCUT2D eigenvalue weighted by molar-refractivity contribution is 0.551. The third-order valence-corrected chi connectivity index (χ3v) is 4.96. The van der Waals surface area contributed by atoms with E-state index in [4.69, 9.17) is 0 Å². The fourth-order valence-electron chi connectivity index (χ4n) is 2.23. The average molecular weight is 360 g/mol. The predicted molar refractivity (Wildman–Crippen MR) is 88.6 cm³/mol. The van der Waals surface area contributed by atoms with E-state index in [1.54, 1.807) is 0 Å². The topological polar surface area (TPSA) is 45.2 Å². The van der Waals surface area contributed by atoms with Crippen LogP contribution in [0.1, 0.15) is 19.4 Å². The van der Waals surface area contributed by atoms with Crippen LogP contribution in [0.3, 0.4) is 0 Å². The minimum Gasteiger partial charge on any atom is -0.355 e. The van der Waals surface area contributed by atoms with Gasteiger partial charge in [0.1, 0.15) is 5.82 Å². The first-order chi connectivity index (χ1) is 9.56. The van der Waals surface area contributed by atoms with Crippen LogP contribution < -0.4 is 10.2 Å². The summed E-state index contributed by atoms with van der Waals surface area (Å²) in [5, 5.41) is 3.47. The van der Waals surface area contributed by atoms with Crippen molar-refractivity contribution >= 4 is 32.5 Å². The summed E-state index contributed by atoms with van der Waals surface area (Å²) >= 11 is 3.49. The second-order valence-corrected chi connectivity index (χ2v) is 8.11. The molecule has 1 aliphatic heterocycles. The maximum Gasteiger partial charge on any atom is 0.133 e. The Balaban J connectivity index is 2.08. The molecule has 0 bridgehead atoms. The van der Waals surface area contributed by atoms with Gasteiger partial charge in [-0.2, -0.15) is 0 Å². The molecular formula is C14H22BrN3OS. The maximum absolute atomic E-state index is 11.5. The molecule has 6 heteroatoms. The van der Waals surface area contributed by atoms with E-state index in [1.165, 1.54) is 5.56 Å². The minimum atomic E-state index is -0.652.